The molecular weight excluding hydrogens is 581 g/mol. The Labute approximate surface area is 256 Å². The van der Waals surface area contributed by atoms with E-state index in [1.165, 1.54) is 42.5 Å². The number of anilines is 1. The Hall–Kier alpha value is -3.76. The molecule has 5 N–H and O–H groups in total. The number of rotatable bonds is 6. The van der Waals surface area contributed by atoms with E-state index < -0.39 is 30.9 Å². The van der Waals surface area contributed by atoms with Crippen molar-refractivity contribution in [1.29, 1.82) is 0 Å². The van der Waals surface area contributed by atoms with E-state index in [4.69, 9.17) is 10.3 Å². The van der Waals surface area contributed by atoms with Crippen molar-refractivity contribution in [2.24, 2.45) is 20.5 Å². The Morgan fingerprint density at radius 1 is 0.585 bits per heavy atom. The predicted octanol–water partition coefficient (Wildman–Crippen LogP) is 3.61. The standard InChI is InChI=1S/C26H19N5O7S2.Na/c27-20-10-14-24(40(36,37)38)19-9-11-23(26(32)25(19)20)31-30-22-13-12-21(17-3-1-2-4-18(17)22)29-28-15-5-7-16(8-6-15)39(33,34)35;/h1-14,32H,27H2,(H,33,34,35)(H,36,37,38);/q;+1. The van der Waals surface area contributed by atoms with Crippen LogP contribution in [-0.4, -0.2) is 31.0 Å². The maximum atomic E-state index is 11.7. The Kier molecular flexibility index (Phi) is 8.56. The average molecular weight is 601 g/mol. The van der Waals surface area contributed by atoms with Gasteiger partial charge in [0, 0.05) is 21.8 Å². The summed E-state index contributed by atoms with van der Waals surface area (Å²) in [5.74, 6) is -0.404. The molecule has 0 aliphatic carbocycles. The Morgan fingerprint density at radius 2 is 1.12 bits per heavy atom. The van der Waals surface area contributed by atoms with Crippen LogP contribution in [0.1, 0.15) is 0 Å². The zero-order valence-electron chi connectivity index (χ0n) is 21.2. The van der Waals surface area contributed by atoms with Crippen molar-refractivity contribution in [3.05, 3.63) is 84.9 Å². The van der Waals surface area contributed by atoms with Crippen molar-refractivity contribution in [1.82, 2.24) is 0 Å². The molecule has 5 aromatic rings. The SMILES string of the molecule is Nc1ccc(S(=O)(=O)O)c2ccc(N=Nc3ccc(N=Nc4ccc(S(=O)(=O)O)cc4)c4ccccc34)c(O)c12.[Na+]. The van der Waals surface area contributed by atoms with Crippen LogP contribution in [0.15, 0.2) is 115 Å². The summed E-state index contributed by atoms with van der Waals surface area (Å²) in [7, 11) is -8.88. The van der Waals surface area contributed by atoms with E-state index >= 15 is 0 Å². The van der Waals surface area contributed by atoms with Gasteiger partial charge in [-0.1, -0.05) is 30.3 Å². The minimum Gasteiger partial charge on any atom is -0.505 e. The van der Waals surface area contributed by atoms with E-state index in [1.807, 2.05) is 0 Å². The van der Waals surface area contributed by atoms with Gasteiger partial charge in [-0.25, -0.2) is 0 Å². The van der Waals surface area contributed by atoms with Gasteiger partial charge in [0.1, 0.15) is 10.6 Å². The molecule has 0 unspecified atom stereocenters. The van der Waals surface area contributed by atoms with Crippen LogP contribution in [0, 0.1) is 0 Å². The molecule has 0 amide bonds. The monoisotopic (exact) mass is 600 g/mol. The maximum Gasteiger partial charge on any atom is 1.00 e. The second kappa shape index (κ2) is 11.6. The fourth-order valence-corrected chi connectivity index (χ4v) is 5.24. The van der Waals surface area contributed by atoms with Crippen molar-refractivity contribution in [3.8, 4) is 5.75 Å². The average Bonchev–Trinajstić information content (AvgIpc) is 2.91. The van der Waals surface area contributed by atoms with Crippen LogP contribution >= 0.6 is 0 Å². The molecule has 12 nitrogen and oxygen atoms in total. The van der Waals surface area contributed by atoms with Gasteiger partial charge in [-0.15, -0.1) is 15.3 Å². The number of fused-ring (bicyclic) bond motifs is 2. The molecule has 0 aliphatic rings. The fraction of sp³-hybridized carbons (Fsp3) is 0. The predicted molar refractivity (Wildman–Crippen MR) is 148 cm³/mol. The van der Waals surface area contributed by atoms with Crippen molar-refractivity contribution in [3.63, 3.8) is 0 Å². The summed E-state index contributed by atoms with van der Waals surface area (Å²) in [5.41, 5.74) is 7.37. The number of benzene rings is 5. The van der Waals surface area contributed by atoms with Crippen LogP contribution in [0.3, 0.4) is 0 Å². The van der Waals surface area contributed by atoms with Gasteiger partial charge in [0.15, 0.2) is 5.75 Å². The molecule has 15 heteroatoms. The molecule has 202 valence electrons. The Bertz CT molecular complexity index is 2080. The summed E-state index contributed by atoms with van der Waals surface area (Å²) < 4.78 is 64.6. The van der Waals surface area contributed by atoms with Crippen LogP contribution in [0.25, 0.3) is 21.5 Å². The zero-order chi connectivity index (χ0) is 28.7. The van der Waals surface area contributed by atoms with Gasteiger partial charge in [0.2, 0.25) is 0 Å². The first-order valence-corrected chi connectivity index (χ1v) is 14.3. The molecule has 0 spiro atoms. The van der Waals surface area contributed by atoms with Gasteiger partial charge in [0.25, 0.3) is 20.2 Å². The molecule has 0 bridgehead atoms. The van der Waals surface area contributed by atoms with Crippen LogP contribution in [0.4, 0.5) is 28.4 Å². The number of azo groups is 2. The third-order valence-corrected chi connectivity index (χ3v) is 7.73. The van der Waals surface area contributed by atoms with E-state index in [0.717, 1.165) is 6.07 Å². The molecule has 0 saturated heterocycles. The third kappa shape index (κ3) is 6.28. The van der Waals surface area contributed by atoms with Gasteiger partial charge in [-0.2, -0.15) is 21.9 Å². The first kappa shape index (κ1) is 30.2. The number of nitrogens with two attached hydrogens (primary N) is 1. The normalized spacial score (nSPS) is 12.3. The summed E-state index contributed by atoms with van der Waals surface area (Å²) in [6.07, 6.45) is 0. The molecule has 0 radical (unpaired) electrons. The smallest absolute Gasteiger partial charge is 0.505 e. The van der Waals surface area contributed by atoms with Crippen LogP contribution in [0.5, 0.6) is 5.75 Å². The number of hydrogen-bond acceptors (Lipinski definition) is 10. The second-order valence-electron chi connectivity index (χ2n) is 8.50. The minimum atomic E-state index is -4.56. The molecule has 0 fully saturated rings. The van der Waals surface area contributed by atoms with E-state index in [-0.39, 0.29) is 56.6 Å². The molecule has 0 atom stereocenters. The molecule has 5 rings (SSSR count). The number of phenols is 1. The van der Waals surface area contributed by atoms with Crippen molar-refractivity contribution >= 4 is 70.2 Å². The zero-order valence-corrected chi connectivity index (χ0v) is 24.9. The van der Waals surface area contributed by atoms with Crippen LogP contribution in [0.2, 0.25) is 0 Å². The van der Waals surface area contributed by atoms with Gasteiger partial charge >= 0.3 is 29.6 Å². The molecule has 0 aromatic heterocycles. The van der Waals surface area contributed by atoms with E-state index in [9.17, 15) is 26.5 Å². The first-order chi connectivity index (χ1) is 18.9. The quantitative estimate of drug-likeness (QED) is 0.0978. The van der Waals surface area contributed by atoms with Crippen molar-refractivity contribution in [2.75, 3.05) is 5.73 Å². The van der Waals surface area contributed by atoms with Gasteiger partial charge in [0.05, 0.1) is 27.3 Å². The van der Waals surface area contributed by atoms with Gasteiger partial charge in [-0.05, 0) is 54.6 Å². The second-order valence-corrected chi connectivity index (χ2v) is 11.3. The van der Waals surface area contributed by atoms with Crippen molar-refractivity contribution < 1.29 is 60.6 Å². The molecule has 0 saturated carbocycles. The Balaban J connectivity index is 0.00000387. The number of aromatic hydroxyl groups is 1. The molecule has 0 heterocycles. The number of nitrogens with zero attached hydrogens (tertiary/aromatic N) is 4. The summed E-state index contributed by atoms with van der Waals surface area (Å²) in [6.45, 7) is 0. The molecule has 0 aliphatic heterocycles. The molecule has 41 heavy (non-hydrogen) atoms. The molecule has 5 aromatic carbocycles. The Morgan fingerprint density at radius 3 is 1.68 bits per heavy atom. The number of nitrogen functional groups attached to an aromatic ring is 1. The largest absolute Gasteiger partial charge is 1.00 e. The van der Waals surface area contributed by atoms with E-state index in [0.29, 0.717) is 27.8 Å². The maximum absolute atomic E-state index is 11.7. The fourth-order valence-electron chi connectivity index (χ4n) is 4.07. The van der Waals surface area contributed by atoms with Gasteiger partial charge < -0.3 is 10.8 Å². The van der Waals surface area contributed by atoms with Crippen LogP contribution < -0.4 is 35.3 Å². The summed E-state index contributed by atoms with van der Waals surface area (Å²) in [4.78, 5) is -0.661. The molecular formula is C26H19N5NaO7S2+. The minimum absolute atomic E-state index is 0. The van der Waals surface area contributed by atoms with Gasteiger partial charge in [-0.3, -0.25) is 9.11 Å². The summed E-state index contributed by atoms with van der Waals surface area (Å²) >= 11 is 0. The first-order valence-electron chi connectivity index (χ1n) is 11.4. The summed E-state index contributed by atoms with van der Waals surface area (Å²) in [5, 5.41) is 29.0. The van der Waals surface area contributed by atoms with E-state index in [2.05, 4.69) is 20.5 Å². The number of hydrogen-bond donors (Lipinski definition) is 4. The topological polar surface area (TPSA) is 204 Å². The van der Waals surface area contributed by atoms with Crippen molar-refractivity contribution in [2.45, 2.75) is 9.79 Å². The van der Waals surface area contributed by atoms with Crippen LogP contribution in [-0.2, 0) is 20.2 Å². The third-order valence-electron chi connectivity index (χ3n) is 5.95. The number of phenolic OH excluding ortho intramolecular Hbond substituents is 1. The van der Waals surface area contributed by atoms with E-state index in [1.54, 1.807) is 36.4 Å². The summed E-state index contributed by atoms with van der Waals surface area (Å²) in [6, 6.07) is 20.8.